The summed E-state index contributed by atoms with van der Waals surface area (Å²) < 4.78 is 11.8. The van der Waals surface area contributed by atoms with E-state index in [2.05, 4.69) is 15.9 Å². The van der Waals surface area contributed by atoms with E-state index < -0.39 is 0 Å². The largest absolute Gasteiger partial charge is 0.483 e. The normalized spacial score (nSPS) is 10.7. The van der Waals surface area contributed by atoms with Crippen LogP contribution in [0.5, 0.6) is 5.75 Å². The molecule has 0 aliphatic rings. The second-order valence-electron chi connectivity index (χ2n) is 5.22. The molecule has 1 heterocycles. The van der Waals surface area contributed by atoms with Crippen LogP contribution in [0, 0.1) is 0 Å². The number of hydrogen-bond donors (Lipinski definition) is 0. The van der Waals surface area contributed by atoms with Gasteiger partial charge in [0.25, 0.3) is 5.91 Å². The fraction of sp³-hybridized carbons (Fsp3) is 0.167. The first-order chi connectivity index (χ1) is 11.1. The van der Waals surface area contributed by atoms with E-state index in [0.29, 0.717) is 12.3 Å². The van der Waals surface area contributed by atoms with Gasteiger partial charge in [0.15, 0.2) is 6.61 Å². The fourth-order valence-corrected chi connectivity index (χ4v) is 2.91. The Morgan fingerprint density at radius 1 is 1.17 bits per heavy atom. The van der Waals surface area contributed by atoms with Gasteiger partial charge in [0, 0.05) is 7.05 Å². The summed E-state index contributed by atoms with van der Waals surface area (Å²) >= 11 is 3.55. The van der Waals surface area contributed by atoms with Gasteiger partial charge in [-0.3, -0.25) is 4.79 Å². The molecule has 118 valence electrons. The second-order valence-corrected chi connectivity index (χ2v) is 6.01. The number of likely N-dealkylation sites (N-methyl/N-ethyl adjacent to an activating group) is 1. The molecule has 0 unspecified atom stereocenters. The maximum absolute atomic E-state index is 12.2. The number of carbonyl (C=O) groups is 1. The number of hydrogen-bond acceptors (Lipinski definition) is 3. The zero-order valence-corrected chi connectivity index (χ0v) is 14.2. The maximum Gasteiger partial charge on any atom is 0.260 e. The molecule has 0 radical (unpaired) electrons. The molecule has 1 aromatic heterocycles. The number of furan rings is 1. The second kappa shape index (κ2) is 6.87. The topological polar surface area (TPSA) is 42.7 Å². The van der Waals surface area contributed by atoms with Crippen molar-refractivity contribution in [2.24, 2.45) is 0 Å². The van der Waals surface area contributed by atoms with Gasteiger partial charge in [0.2, 0.25) is 0 Å². The van der Waals surface area contributed by atoms with Gasteiger partial charge in [-0.1, -0.05) is 30.3 Å². The molecule has 0 spiro atoms. The summed E-state index contributed by atoms with van der Waals surface area (Å²) in [6, 6.07) is 15.5. The van der Waals surface area contributed by atoms with Crippen LogP contribution in [-0.4, -0.2) is 24.5 Å². The molecule has 2 aromatic carbocycles. The highest BCUT2D eigenvalue weighted by Crippen LogP contribution is 2.33. The summed E-state index contributed by atoms with van der Waals surface area (Å²) in [4.78, 5) is 13.7. The minimum atomic E-state index is -0.110. The Bertz CT molecular complexity index is 814. The third-order valence-corrected chi connectivity index (χ3v) is 4.40. The van der Waals surface area contributed by atoms with Crippen LogP contribution >= 0.6 is 15.9 Å². The fourth-order valence-electron chi connectivity index (χ4n) is 2.30. The number of nitrogens with zero attached hydrogens (tertiary/aromatic N) is 1. The maximum atomic E-state index is 12.2. The molecule has 0 bridgehead atoms. The lowest BCUT2D eigenvalue weighted by Crippen LogP contribution is -2.30. The molecule has 0 N–H and O–H groups in total. The molecular formula is C18H16BrNO3. The van der Waals surface area contributed by atoms with Gasteiger partial charge in [0.05, 0.1) is 17.3 Å². The van der Waals surface area contributed by atoms with Crippen molar-refractivity contribution in [2.75, 3.05) is 13.7 Å². The molecule has 3 rings (SSSR count). The van der Waals surface area contributed by atoms with Gasteiger partial charge in [-0.25, -0.2) is 0 Å². The molecular weight excluding hydrogens is 358 g/mol. The molecule has 5 heteroatoms. The predicted octanol–water partition coefficient (Wildman–Crippen LogP) is 4.23. The number of fused-ring (bicyclic) bond motifs is 1. The summed E-state index contributed by atoms with van der Waals surface area (Å²) in [5.41, 5.74) is 0. The number of benzene rings is 2. The molecule has 4 nitrogen and oxygen atoms in total. The van der Waals surface area contributed by atoms with Crippen molar-refractivity contribution in [3.63, 3.8) is 0 Å². The van der Waals surface area contributed by atoms with E-state index in [4.69, 9.17) is 9.15 Å². The molecule has 0 saturated carbocycles. The zero-order valence-electron chi connectivity index (χ0n) is 12.7. The van der Waals surface area contributed by atoms with Crippen molar-refractivity contribution >= 4 is 32.6 Å². The van der Waals surface area contributed by atoms with Crippen molar-refractivity contribution in [3.05, 3.63) is 65.0 Å². The van der Waals surface area contributed by atoms with Gasteiger partial charge in [-0.15, -0.1) is 0 Å². The van der Waals surface area contributed by atoms with Crippen molar-refractivity contribution < 1.29 is 13.9 Å². The van der Waals surface area contributed by atoms with Crippen LogP contribution in [0.2, 0.25) is 0 Å². The first kappa shape index (κ1) is 15.6. The van der Waals surface area contributed by atoms with E-state index in [-0.39, 0.29) is 12.5 Å². The van der Waals surface area contributed by atoms with E-state index >= 15 is 0 Å². The Hall–Kier alpha value is -2.27. The molecule has 0 saturated heterocycles. The Morgan fingerprint density at radius 3 is 2.78 bits per heavy atom. The Balaban J connectivity index is 1.66. The molecule has 23 heavy (non-hydrogen) atoms. The van der Waals surface area contributed by atoms with Crippen LogP contribution in [0.1, 0.15) is 5.76 Å². The van der Waals surface area contributed by atoms with Crippen molar-refractivity contribution in [1.82, 2.24) is 4.90 Å². The molecule has 0 atom stereocenters. The average molecular weight is 374 g/mol. The van der Waals surface area contributed by atoms with Crippen LogP contribution in [-0.2, 0) is 11.3 Å². The van der Waals surface area contributed by atoms with Gasteiger partial charge >= 0.3 is 0 Å². The SMILES string of the molecule is CN(Cc1ccco1)C(=O)COc1ccc2ccccc2c1Br. The first-order valence-corrected chi connectivity index (χ1v) is 8.01. The zero-order chi connectivity index (χ0) is 16.2. The van der Waals surface area contributed by atoms with Crippen LogP contribution in [0.25, 0.3) is 10.8 Å². The first-order valence-electron chi connectivity index (χ1n) is 7.21. The van der Waals surface area contributed by atoms with Gasteiger partial charge < -0.3 is 14.1 Å². The van der Waals surface area contributed by atoms with Crippen molar-refractivity contribution in [2.45, 2.75) is 6.54 Å². The van der Waals surface area contributed by atoms with E-state index in [1.54, 1.807) is 24.3 Å². The van der Waals surface area contributed by atoms with Crippen LogP contribution in [0.4, 0.5) is 0 Å². The number of ether oxygens (including phenoxy) is 1. The van der Waals surface area contributed by atoms with Crippen LogP contribution in [0.3, 0.4) is 0 Å². The highest BCUT2D eigenvalue weighted by molar-refractivity contribution is 9.10. The quantitative estimate of drug-likeness (QED) is 0.671. The summed E-state index contributed by atoms with van der Waals surface area (Å²) in [5.74, 6) is 1.29. The van der Waals surface area contributed by atoms with Crippen LogP contribution < -0.4 is 4.74 Å². The van der Waals surface area contributed by atoms with E-state index in [1.807, 2.05) is 42.5 Å². The van der Waals surface area contributed by atoms with Crippen molar-refractivity contribution in [3.8, 4) is 5.75 Å². The highest BCUT2D eigenvalue weighted by atomic mass is 79.9. The Kier molecular flexibility index (Phi) is 4.67. The predicted molar refractivity (Wildman–Crippen MR) is 92.3 cm³/mol. The minimum absolute atomic E-state index is 0.0197. The number of carbonyl (C=O) groups excluding carboxylic acids is 1. The smallest absolute Gasteiger partial charge is 0.260 e. The molecule has 1 amide bonds. The molecule has 0 aliphatic carbocycles. The third kappa shape index (κ3) is 3.56. The molecule has 3 aromatic rings. The standard InChI is InChI=1S/C18H16BrNO3/c1-20(11-14-6-4-10-22-14)17(21)12-23-16-9-8-13-5-2-3-7-15(13)18(16)19/h2-10H,11-12H2,1H3. The van der Waals surface area contributed by atoms with Gasteiger partial charge in [0.1, 0.15) is 11.5 Å². The van der Waals surface area contributed by atoms with E-state index in [9.17, 15) is 4.79 Å². The minimum Gasteiger partial charge on any atom is -0.483 e. The number of amides is 1. The Labute approximate surface area is 142 Å². The third-order valence-electron chi connectivity index (χ3n) is 3.58. The molecule has 0 aliphatic heterocycles. The highest BCUT2D eigenvalue weighted by Gasteiger charge is 2.13. The number of rotatable bonds is 5. The van der Waals surface area contributed by atoms with E-state index in [0.717, 1.165) is 21.0 Å². The average Bonchev–Trinajstić information content (AvgIpc) is 3.07. The summed E-state index contributed by atoms with van der Waals surface area (Å²) in [6.07, 6.45) is 1.59. The molecule has 0 fully saturated rings. The van der Waals surface area contributed by atoms with Crippen LogP contribution in [0.15, 0.2) is 63.7 Å². The van der Waals surface area contributed by atoms with Gasteiger partial charge in [-0.05, 0) is 44.9 Å². The van der Waals surface area contributed by atoms with E-state index in [1.165, 1.54) is 0 Å². The lowest BCUT2D eigenvalue weighted by molar-refractivity contribution is -0.132. The monoisotopic (exact) mass is 373 g/mol. The summed E-state index contributed by atoms with van der Waals surface area (Å²) in [6.45, 7) is 0.405. The lowest BCUT2D eigenvalue weighted by atomic mass is 10.1. The lowest BCUT2D eigenvalue weighted by Gasteiger charge is -2.17. The van der Waals surface area contributed by atoms with Crippen molar-refractivity contribution in [1.29, 1.82) is 0 Å². The summed E-state index contributed by atoms with van der Waals surface area (Å²) in [5, 5.41) is 2.18. The van der Waals surface area contributed by atoms with Gasteiger partial charge in [-0.2, -0.15) is 0 Å². The number of halogens is 1. The Morgan fingerprint density at radius 2 is 2.00 bits per heavy atom. The summed E-state index contributed by atoms with van der Waals surface area (Å²) in [7, 11) is 1.73.